The first-order chi connectivity index (χ1) is 13.7. The van der Waals surface area contributed by atoms with Gasteiger partial charge in [-0.2, -0.15) is 13.2 Å². The van der Waals surface area contributed by atoms with E-state index < -0.39 is 34.7 Å². The molecule has 1 N–H and O–H groups in total. The van der Waals surface area contributed by atoms with Crippen LogP contribution < -0.4 is 10.9 Å². The maximum atomic E-state index is 14.0. The summed E-state index contributed by atoms with van der Waals surface area (Å²) in [6, 6.07) is 10.8. The predicted molar refractivity (Wildman–Crippen MR) is 101 cm³/mol. The molecule has 0 aliphatic carbocycles. The minimum atomic E-state index is -4.65. The molecule has 29 heavy (non-hydrogen) atoms. The molecule has 2 aromatic carbocycles. The Bertz CT molecular complexity index is 1110. The van der Waals surface area contributed by atoms with Crippen LogP contribution in [0, 0.1) is 5.82 Å². The monoisotopic (exact) mass is 424 g/mol. The standard InChI is InChI=1S/C20H13ClF4N2O2/c21-15-5-3-6-16(22)13(15)11-27-10-12(8-9-18(27)28)19(29)26-17-7-2-1-4-14(17)20(23,24)25/h1-10H,11H2,(H,26,29). The van der Waals surface area contributed by atoms with Crippen LogP contribution in [-0.4, -0.2) is 10.5 Å². The molecule has 4 nitrogen and oxygen atoms in total. The molecule has 3 rings (SSSR count). The molecule has 0 aliphatic heterocycles. The van der Waals surface area contributed by atoms with Gasteiger partial charge in [-0.05, 0) is 30.3 Å². The molecular formula is C20H13ClF4N2O2. The van der Waals surface area contributed by atoms with Crippen molar-refractivity contribution >= 4 is 23.2 Å². The number of alkyl halides is 3. The average Bonchev–Trinajstić information content (AvgIpc) is 2.65. The number of carbonyl (C=O) groups excluding carboxylic acids is 1. The zero-order valence-corrected chi connectivity index (χ0v) is 15.4. The maximum absolute atomic E-state index is 14.0. The molecule has 0 bridgehead atoms. The van der Waals surface area contributed by atoms with Gasteiger partial charge in [-0.25, -0.2) is 4.39 Å². The Morgan fingerprint density at radius 2 is 1.76 bits per heavy atom. The average molecular weight is 425 g/mol. The number of benzene rings is 2. The van der Waals surface area contributed by atoms with Crippen LogP contribution >= 0.6 is 11.6 Å². The number of nitrogens with zero attached hydrogens (tertiary/aromatic N) is 1. The van der Waals surface area contributed by atoms with E-state index in [-0.39, 0.29) is 22.7 Å². The summed E-state index contributed by atoms with van der Waals surface area (Å²) in [6.07, 6.45) is -3.51. The number of hydrogen-bond acceptors (Lipinski definition) is 2. The highest BCUT2D eigenvalue weighted by molar-refractivity contribution is 6.31. The minimum Gasteiger partial charge on any atom is -0.321 e. The number of aromatic nitrogens is 1. The van der Waals surface area contributed by atoms with E-state index in [1.807, 2.05) is 0 Å². The van der Waals surface area contributed by atoms with Gasteiger partial charge in [0.2, 0.25) is 0 Å². The van der Waals surface area contributed by atoms with Crippen LogP contribution in [0.3, 0.4) is 0 Å². The number of hydrogen-bond donors (Lipinski definition) is 1. The molecule has 9 heteroatoms. The van der Waals surface area contributed by atoms with E-state index in [2.05, 4.69) is 5.32 Å². The maximum Gasteiger partial charge on any atom is 0.418 e. The molecule has 0 saturated heterocycles. The van der Waals surface area contributed by atoms with E-state index in [1.54, 1.807) is 0 Å². The lowest BCUT2D eigenvalue weighted by Gasteiger charge is -2.14. The van der Waals surface area contributed by atoms with Crippen LogP contribution in [-0.2, 0) is 12.7 Å². The van der Waals surface area contributed by atoms with Crippen molar-refractivity contribution in [1.29, 1.82) is 0 Å². The van der Waals surface area contributed by atoms with Gasteiger partial charge < -0.3 is 9.88 Å². The van der Waals surface area contributed by atoms with Crippen LogP contribution in [0.25, 0.3) is 0 Å². The fraction of sp³-hybridized carbons (Fsp3) is 0.100. The first kappa shape index (κ1) is 20.6. The molecule has 0 atom stereocenters. The van der Waals surface area contributed by atoms with Crippen molar-refractivity contribution < 1.29 is 22.4 Å². The lowest BCUT2D eigenvalue weighted by molar-refractivity contribution is -0.136. The summed E-state index contributed by atoms with van der Waals surface area (Å²) in [5, 5.41) is 2.29. The van der Waals surface area contributed by atoms with E-state index in [1.165, 1.54) is 36.4 Å². The number of nitrogens with one attached hydrogen (secondary N) is 1. The third-order valence-corrected chi connectivity index (χ3v) is 4.47. The Hall–Kier alpha value is -3.13. The van der Waals surface area contributed by atoms with E-state index in [4.69, 9.17) is 11.6 Å². The van der Waals surface area contributed by atoms with Gasteiger partial charge in [0.05, 0.1) is 23.4 Å². The second-order valence-electron chi connectivity index (χ2n) is 6.08. The van der Waals surface area contributed by atoms with Crippen molar-refractivity contribution in [2.45, 2.75) is 12.7 Å². The van der Waals surface area contributed by atoms with Crippen LogP contribution in [0.2, 0.25) is 5.02 Å². The molecule has 0 saturated carbocycles. The Morgan fingerprint density at radius 1 is 1.03 bits per heavy atom. The summed E-state index contributed by atoms with van der Waals surface area (Å²) in [5.41, 5.74) is -1.97. The number of anilines is 1. The fourth-order valence-electron chi connectivity index (χ4n) is 2.68. The normalized spacial score (nSPS) is 11.3. The van der Waals surface area contributed by atoms with Gasteiger partial charge in [0.25, 0.3) is 11.5 Å². The number of halogens is 5. The Kier molecular flexibility index (Phi) is 5.74. The molecule has 0 spiro atoms. The summed E-state index contributed by atoms with van der Waals surface area (Å²) in [4.78, 5) is 24.5. The summed E-state index contributed by atoms with van der Waals surface area (Å²) in [5.74, 6) is -1.48. The van der Waals surface area contributed by atoms with Crippen LogP contribution in [0.5, 0.6) is 0 Å². The Morgan fingerprint density at radius 3 is 2.45 bits per heavy atom. The van der Waals surface area contributed by atoms with Crippen molar-refractivity contribution in [3.63, 3.8) is 0 Å². The highest BCUT2D eigenvalue weighted by Crippen LogP contribution is 2.34. The number of rotatable bonds is 4. The summed E-state index contributed by atoms with van der Waals surface area (Å²) >= 11 is 5.96. The molecule has 1 aromatic heterocycles. The van der Waals surface area contributed by atoms with E-state index in [0.29, 0.717) is 0 Å². The van der Waals surface area contributed by atoms with Crippen LogP contribution in [0.4, 0.5) is 23.2 Å². The second kappa shape index (κ2) is 8.08. The lowest BCUT2D eigenvalue weighted by Crippen LogP contribution is -2.23. The van der Waals surface area contributed by atoms with Gasteiger partial charge in [0.1, 0.15) is 5.82 Å². The largest absolute Gasteiger partial charge is 0.418 e. The molecule has 0 radical (unpaired) electrons. The number of para-hydroxylation sites is 1. The summed E-state index contributed by atoms with van der Waals surface area (Å²) in [6.45, 7) is -0.245. The summed E-state index contributed by atoms with van der Waals surface area (Å²) < 4.78 is 54.3. The third-order valence-electron chi connectivity index (χ3n) is 4.12. The zero-order valence-electron chi connectivity index (χ0n) is 14.6. The zero-order chi connectivity index (χ0) is 21.2. The van der Waals surface area contributed by atoms with E-state index in [9.17, 15) is 27.2 Å². The molecule has 0 unspecified atom stereocenters. The van der Waals surface area contributed by atoms with Crippen LogP contribution in [0.15, 0.2) is 65.6 Å². The van der Waals surface area contributed by atoms with Crippen molar-refractivity contribution in [3.8, 4) is 0 Å². The lowest BCUT2D eigenvalue weighted by atomic mass is 10.1. The summed E-state index contributed by atoms with van der Waals surface area (Å²) in [7, 11) is 0. The number of amides is 1. The molecule has 3 aromatic rings. The molecule has 150 valence electrons. The quantitative estimate of drug-likeness (QED) is 0.602. The fourth-order valence-corrected chi connectivity index (χ4v) is 2.90. The van der Waals surface area contributed by atoms with Gasteiger partial charge in [-0.15, -0.1) is 0 Å². The highest BCUT2D eigenvalue weighted by Gasteiger charge is 2.33. The van der Waals surface area contributed by atoms with Gasteiger partial charge >= 0.3 is 6.18 Å². The molecule has 0 fully saturated rings. The van der Waals surface area contributed by atoms with Crippen molar-refractivity contribution in [2.24, 2.45) is 0 Å². The molecule has 1 amide bonds. The molecular weight excluding hydrogens is 412 g/mol. The number of carbonyl (C=O) groups is 1. The van der Waals surface area contributed by atoms with Crippen LogP contribution in [0.1, 0.15) is 21.5 Å². The predicted octanol–water partition coefficient (Wildman–Crippen LogP) is 4.96. The second-order valence-corrected chi connectivity index (χ2v) is 6.49. The SMILES string of the molecule is O=C(Nc1ccccc1C(F)(F)F)c1ccc(=O)n(Cc2c(F)cccc2Cl)c1. The van der Waals surface area contributed by atoms with E-state index >= 15 is 0 Å². The molecule has 1 heterocycles. The molecule has 0 aliphatic rings. The van der Waals surface area contributed by atoms with Crippen molar-refractivity contribution in [2.75, 3.05) is 5.32 Å². The Balaban J connectivity index is 1.91. The van der Waals surface area contributed by atoms with E-state index in [0.717, 1.165) is 29.0 Å². The van der Waals surface area contributed by atoms with Gasteiger partial charge in [0, 0.05) is 22.8 Å². The smallest absolute Gasteiger partial charge is 0.321 e. The number of pyridine rings is 1. The van der Waals surface area contributed by atoms with Gasteiger partial charge in [0.15, 0.2) is 0 Å². The van der Waals surface area contributed by atoms with Gasteiger partial charge in [-0.1, -0.05) is 29.8 Å². The highest BCUT2D eigenvalue weighted by atomic mass is 35.5. The minimum absolute atomic E-state index is 0.0521. The van der Waals surface area contributed by atoms with Gasteiger partial charge in [-0.3, -0.25) is 9.59 Å². The topological polar surface area (TPSA) is 51.1 Å². The van der Waals surface area contributed by atoms with Crippen molar-refractivity contribution in [1.82, 2.24) is 4.57 Å². The Labute approximate surface area is 167 Å². The third kappa shape index (κ3) is 4.65. The first-order valence-corrected chi connectivity index (χ1v) is 8.65. The first-order valence-electron chi connectivity index (χ1n) is 8.28. The van der Waals surface area contributed by atoms with Crippen molar-refractivity contribution in [3.05, 3.63) is 98.7 Å².